The molecule has 2 aliphatic rings. The second kappa shape index (κ2) is 5.93. The van der Waals surface area contributed by atoms with E-state index >= 15 is 0 Å². The van der Waals surface area contributed by atoms with Crippen LogP contribution in [-0.4, -0.2) is 33.4 Å². The highest BCUT2D eigenvalue weighted by Crippen LogP contribution is 2.38. The molecule has 0 saturated carbocycles. The van der Waals surface area contributed by atoms with Crippen molar-refractivity contribution in [3.8, 4) is 0 Å². The average molecular weight is 346 g/mol. The average Bonchev–Trinajstić information content (AvgIpc) is 2.90. The molecule has 134 valence electrons. The number of pyridine rings is 1. The number of ether oxygens (including phenoxy) is 1. The number of halogens is 1. The van der Waals surface area contributed by atoms with E-state index in [4.69, 9.17) is 4.74 Å². The van der Waals surface area contributed by atoms with Crippen molar-refractivity contribution in [2.75, 3.05) is 0 Å². The van der Waals surface area contributed by atoms with Gasteiger partial charge in [0, 0.05) is 23.1 Å². The zero-order valence-corrected chi connectivity index (χ0v) is 15.2. The van der Waals surface area contributed by atoms with E-state index in [1.165, 1.54) is 11.1 Å². The van der Waals surface area contributed by atoms with Crippen molar-refractivity contribution >= 4 is 17.4 Å². The standard InChI is InChI=1S/C19H23FN2O3/c1-10(2)16(18(24)25-19(3,4)5)22-9-12-13(20)8-21-14-7-6-11(15(12)14)17(22)23/h6,8,10,16H,7,9H2,1-5H3/t16-/m1/s1. The first-order valence-corrected chi connectivity index (χ1v) is 8.50. The Morgan fingerprint density at radius 2 is 2.04 bits per heavy atom. The molecule has 1 aliphatic heterocycles. The Balaban J connectivity index is 2.01. The second-order valence-electron chi connectivity index (χ2n) is 7.88. The number of esters is 1. The molecule has 1 aromatic rings. The summed E-state index contributed by atoms with van der Waals surface area (Å²) in [5.41, 5.74) is 1.54. The van der Waals surface area contributed by atoms with E-state index in [1.54, 1.807) is 26.8 Å². The van der Waals surface area contributed by atoms with Gasteiger partial charge in [-0.15, -0.1) is 0 Å². The summed E-state index contributed by atoms with van der Waals surface area (Å²) in [5.74, 6) is -1.33. The summed E-state index contributed by atoms with van der Waals surface area (Å²) in [4.78, 5) is 31.2. The molecular weight excluding hydrogens is 323 g/mol. The molecule has 0 saturated heterocycles. The fraction of sp³-hybridized carbons (Fsp3) is 0.526. The fourth-order valence-corrected chi connectivity index (χ4v) is 3.44. The zero-order chi connectivity index (χ0) is 18.5. The van der Waals surface area contributed by atoms with Crippen LogP contribution in [-0.2, 0) is 27.3 Å². The molecule has 0 radical (unpaired) electrons. The normalized spacial score (nSPS) is 17.5. The van der Waals surface area contributed by atoms with Gasteiger partial charge in [-0.2, -0.15) is 0 Å². The number of amides is 1. The maximum atomic E-state index is 14.3. The molecule has 1 atom stereocenters. The van der Waals surface area contributed by atoms with Gasteiger partial charge in [-0.05, 0) is 26.7 Å². The molecule has 1 amide bonds. The van der Waals surface area contributed by atoms with Gasteiger partial charge in [-0.3, -0.25) is 9.78 Å². The maximum Gasteiger partial charge on any atom is 0.329 e. The lowest BCUT2D eigenvalue weighted by atomic mass is 9.92. The minimum absolute atomic E-state index is 0.0505. The lowest BCUT2D eigenvalue weighted by Gasteiger charge is -2.38. The van der Waals surface area contributed by atoms with E-state index in [9.17, 15) is 14.0 Å². The van der Waals surface area contributed by atoms with Crippen LogP contribution < -0.4 is 0 Å². The van der Waals surface area contributed by atoms with Crippen LogP contribution in [0.15, 0.2) is 12.3 Å². The molecule has 6 heteroatoms. The molecule has 0 unspecified atom stereocenters. The number of aromatic nitrogens is 1. The van der Waals surface area contributed by atoms with Crippen molar-refractivity contribution in [3.05, 3.63) is 34.9 Å². The van der Waals surface area contributed by atoms with Crippen LogP contribution in [0.4, 0.5) is 4.39 Å². The summed E-state index contributed by atoms with van der Waals surface area (Å²) < 4.78 is 19.9. The Hall–Kier alpha value is -2.24. The summed E-state index contributed by atoms with van der Waals surface area (Å²) >= 11 is 0. The first-order chi connectivity index (χ1) is 11.6. The number of carbonyl (C=O) groups excluding carboxylic acids is 2. The van der Waals surface area contributed by atoms with Crippen LogP contribution in [0.25, 0.3) is 5.57 Å². The van der Waals surface area contributed by atoms with Crippen LogP contribution >= 0.6 is 0 Å². The Bertz CT molecular complexity index is 778. The number of hydrogen-bond acceptors (Lipinski definition) is 4. The lowest BCUT2D eigenvalue weighted by molar-refractivity contribution is -0.166. The highest BCUT2D eigenvalue weighted by molar-refractivity contribution is 6.22. The number of rotatable bonds is 3. The van der Waals surface area contributed by atoms with Gasteiger partial charge in [0.25, 0.3) is 5.91 Å². The fourth-order valence-electron chi connectivity index (χ4n) is 3.44. The van der Waals surface area contributed by atoms with Gasteiger partial charge in [-0.1, -0.05) is 19.9 Å². The van der Waals surface area contributed by atoms with E-state index in [-0.39, 0.29) is 18.4 Å². The molecule has 0 aromatic carbocycles. The Morgan fingerprint density at radius 3 is 2.64 bits per heavy atom. The van der Waals surface area contributed by atoms with Crippen molar-refractivity contribution in [2.45, 2.75) is 59.2 Å². The van der Waals surface area contributed by atoms with E-state index < -0.39 is 23.4 Å². The van der Waals surface area contributed by atoms with Crippen molar-refractivity contribution in [3.63, 3.8) is 0 Å². The number of allylic oxidation sites excluding steroid dienone is 1. The Morgan fingerprint density at radius 1 is 1.36 bits per heavy atom. The third kappa shape index (κ3) is 3.05. The molecule has 3 rings (SSSR count). The number of carbonyl (C=O) groups is 2. The molecule has 0 spiro atoms. The van der Waals surface area contributed by atoms with Gasteiger partial charge in [0.1, 0.15) is 17.5 Å². The predicted molar refractivity (Wildman–Crippen MR) is 90.9 cm³/mol. The quantitative estimate of drug-likeness (QED) is 0.790. The maximum absolute atomic E-state index is 14.3. The summed E-state index contributed by atoms with van der Waals surface area (Å²) in [5, 5.41) is 0. The second-order valence-corrected chi connectivity index (χ2v) is 7.88. The van der Waals surface area contributed by atoms with Crippen molar-refractivity contribution in [2.24, 2.45) is 5.92 Å². The van der Waals surface area contributed by atoms with Crippen LogP contribution in [0.5, 0.6) is 0 Å². The molecule has 0 fully saturated rings. The van der Waals surface area contributed by atoms with Crippen molar-refractivity contribution < 1.29 is 18.7 Å². The summed E-state index contributed by atoms with van der Waals surface area (Å²) in [6.07, 6.45) is 3.47. The predicted octanol–water partition coefficient (Wildman–Crippen LogP) is 2.87. The topological polar surface area (TPSA) is 59.5 Å². The molecular formula is C19H23FN2O3. The third-order valence-corrected chi connectivity index (χ3v) is 4.42. The first kappa shape index (κ1) is 17.6. The van der Waals surface area contributed by atoms with Gasteiger partial charge in [0.05, 0.1) is 18.4 Å². The van der Waals surface area contributed by atoms with Crippen LogP contribution in [0.1, 0.15) is 51.4 Å². The number of nitrogens with zero attached hydrogens (tertiary/aromatic N) is 2. The highest BCUT2D eigenvalue weighted by Gasteiger charge is 2.42. The SMILES string of the molecule is CC(C)[C@H](C(=O)OC(C)(C)C)N1Cc2c(F)cnc3c2C(=CC3)C1=O. The summed E-state index contributed by atoms with van der Waals surface area (Å²) in [7, 11) is 0. The molecule has 5 nitrogen and oxygen atoms in total. The highest BCUT2D eigenvalue weighted by atomic mass is 19.1. The minimum Gasteiger partial charge on any atom is -0.458 e. The molecule has 1 aliphatic carbocycles. The molecule has 2 heterocycles. The van der Waals surface area contributed by atoms with Gasteiger partial charge in [-0.25, -0.2) is 9.18 Å². The van der Waals surface area contributed by atoms with Crippen molar-refractivity contribution in [1.29, 1.82) is 0 Å². The van der Waals surface area contributed by atoms with Crippen molar-refractivity contribution in [1.82, 2.24) is 9.88 Å². The van der Waals surface area contributed by atoms with Gasteiger partial charge >= 0.3 is 5.97 Å². The minimum atomic E-state index is -0.766. The molecule has 25 heavy (non-hydrogen) atoms. The Kier molecular flexibility index (Phi) is 4.17. The van der Waals surface area contributed by atoms with Crippen LogP contribution in [0.3, 0.4) is 0 Å². The van der Waals surface area contributed by atoms with Gasteiger partial charge < -0.3 is 9.64 Å². The zero-order valence-electron chi connectivity index (χ0n) is 15.2. The largest absolute Gasteiger partial charge is 0.458 e. The molecule has 1 aromatic heterocycles. The molecule has 0 bridgehead atoms. The van der Waals surface area contributed by atoms with Crippen LogP contribution in [0.2, 0.25) is 0 Å². The van der Waals surface area contributed by atoms with Gasteiger partial charge in [0.15, 0.2) is 0 Å². The summed E-state index contributed by atoms with van der Waals surface area (Å²) in [6.45, 7) is 9.12. The first-order valence-electron chi connectivity index (χ1n) is 8.50. The van der Waals surface area contributed by atoms with E-state index in [2.05, 4.69) is 4.98 Å². The van der Waals surface area contributed by atoms with E-state index in [0.717, 1.165) is 5.69 Å². The van der Waals surface area contributed by atoms with Gasteiger partial charge in [0.2, 0.25) is 0 Å². The smallest absolute Gasteiger partial charge is 0.329 e. The molecule has 0 N–H and O–H groups in total. The van der Waals surface area contributed by atoms with E-state index in [1.807, 2.05) is 13.8 Å². The van der Waals surface area contributed by atoms with E-state index in [0.29, 0.717) is 23.1 Å². The number of hydrogen-bond donors (Lipinski definition) is 0. The Labute approximate surface area is 146 Å². The third-order valence-electron chi connectivity index (χ3n) is 4.42. The lowest BCUT2D eigenvalue weighted by Crippen LogP contribution is -2.51. The summed E-state index contributed by atoms with van der Waals surface area (Å²) in [6, 6.07) is -0.766. The monoisotopic (exact) mass is 346 g/mol. The van der Waals surface area contributed by atoms with Crippen LogP contribution in [0, 0.1) is 11.7 Å².